The second-order valence-electron chi connectivity index (χ2n) is 6.60. The molecule has 2 amide bonds. The SMILES string of the molecule is COC1CC(C(=O)O)N(C(=O)CCCNC(=O)C(C)(C)C)C1. The summed E-state index contributed by atoms with van der Waals surface area (Å²) in [6.07, 6.45) is 0.787. The number of methoxy groups -OCH3 is 1. The maximum absolute atomic E-state index is 12.2. The summed E-state index contributed by atoms with van der Waals surface area (Å²) in [4.78, 5) is 36.4. The number of amides is 2. The van der Waals surface area contributed by atoms with Gasteiger partial charge in [0.15, 0.2) is 0 Å². The zero-order chi connectivity index (χ0) is 16.9. The van der Waals surface area contributed by atoms with Crippen LogP contribution in [0.4, 0.5) is 0 Å². The molecule has 0 bridgehead atoms. The normalized spacial score (nSPS) is 21.7. The van der Waals surface area contributed by atoms with E-state index in [1.807, 2.05) is 20.8 Å². The first-order chi connectivity index (χ1) is 10.2. The van der Waals surface area contributed by atoms with Crippen molar-refractivity contribution in [3.63, 3.8) is 0 Å². The first-order valence-corrected chi connectivity index (χ1v) is 7.50. The first-order valence-electron chi connectivity index (χ1n) is 7.50. The Balaban J connectivity index is 2.41. The Morgan fingerprint density at radius 2 is 1.95 bits per heavy atom. The number of nitrogens with one attached hydrogen (secondary N) is 1. The van der Waals surface area contributed by atoms with Crippen molar-refractivity contribution in [2.24, 2.45) is 5.41 Å². The van der Waals surface area contributed by atoms with Gasteiger partial charge in [-0.05, 0) is 6.42 Å². The summed E-state index contributed by atoms with van der Waals surface area (Å²) in [5, 5.41) is 11.9. The number of hydrogen-bond acceptors (Lipinski definition) is 4. The highest BCUT2D eigenvalue weighted by Crippen LogP contribution is 2.21. The van der Waals surface area contributed by atoms with Gasteiger partial charge in [-0.15, -0.1) is 0 Å². The average Bonchev–Trinajstić information content (AvgIpc) is 2.86. The number of hydrogen-bond donors (Lipinski definition) is 2. The van der Waals surface area contributed by atoms with E-state index in [0.717, 1.165) is 0 Å². The fraction of sp³-hybridized carbons (Fsp3) is 0.800. The maximum atomic E-state index is 12.2. The van der Waals surface area contributed by atoms with E-state index in [1.165, 1.54) is 12.0 Å². The molecule has 1 rings (SSSR count). The lowest BCUT2D eigenvalue weighted by Crippen LogP contribution is -2.41. The van der Waals surface area contributed by atoms with Crippen LogP contribution in [0.25, 0.3) is 0 Å². The van der Waals surface area contributed by atoms with Crippen molar-refractivity contribution in [3.8, 4) is 0 Å². The van der Waals surface area contributed by atoms with Crippen molar-refractivity contribution < 1.29 is 24.2 Å². The molecule has 7 nitrogen and oxygen atoms in total. The molecule has 0 spiro atoms. The Bertz CT molecular complexity index is 430. The second-order valence-corrected chi connectivity index (χ2v) is 6.60. The number of rotatable bonds is 6. The van der Waals surface area contributed by atoms with Crippen molar-refractivity contribution in [2.75, 3.05) is 20.2 Å². The third-order valence-corrected chi connectivity index (χ3v) is 3.74. The largest absolute Gasteiger partial charge is 0.480 e. The molecule has 0 aromatic rings. The van der Waals surface area contributed by atoms with E-state index in [-0.39, 0.29) is 24.3 Å². The van der Waals surface area contributed by atoms with Gasteiger partial charge in [-0.1, -0.05) is 20.8 Å². The van der Waals surface area contributed by atoms with Gasteiger partial charge >= 0.3 is 5.97 Å². The molecule has 22 heavy (non-hydrogen) atoms. The molecule has 1 saturated heterocycles. The molecule has 0 aromatic heterocycles. The second kappa shape index (κ2) is 7.58. The molecule has 7 heteroatoms. The van der Waals surface area contributed by atoms with Crippen molar-refractivity contribution >= 4 is 17.8 Å². The number of aliphatic carboxylic acids is 1. The lowest BCUT2D eigenvalue weighted by molar-refractivity contribution is -0.148. The van der Waals surface area contributed by atoms with Crippen LogP contribution in [-0.2, 0) is 19.1 Å². The molecule has 2 unspecified atom stereocenters. The molecule has 1 aliphatic heterocycles. The molecular weight excluding hydrogens is 288 g/mol. The molecular formula is C15H26N2O5. The average molecular weight is 314 g/mol. The summed E-state index contributed by atoms with van der Waals surface area (Å²) in [6.45, 7) is 6.17. The number of carbonyl (C=O) groups is 3. The van der Waals surface area contributed by atoms with E-state index >= 15 is 0 Å². The molecule has 0 saturated carbocycles. The molecule has 0 aliphatic carbocycles. The van der Waals surface area contributed by atoms with Crippen molar-refractivity contribution in [3.05, 3.63) is 0 Å². The van der Waals surface area contributed by atoms with E-state index in [0.29, 0.717) is 25.9 Å². The van der Waals surface area contributed by atoms with Gasteiger partial charge in [-0.3, -0.25) is 9.59 Å². The fourth-order valence-corrected chi connectivity index (χ4v) is 2.33. The summed E-state index contributed by atoms with van der Waals surface area (Å²) in [6, 6.07) is -0.818. The third-order valence-electron chi connectivity index (χ3n) is 3.74. The number of carboxylic acids is 1. The standard InChI is InChI=1S/C15H26N2O5/c1-15(2,3)14(21)16-7-5-6-12(18)17-9-10(22-4)8-11(17)13(19)20/h10-11H,5-9H2,1-4H3,(H,16,21)(H,19,20). The van der Waals surface area contributed by atoms with Crippen LogP contribution < -0.4 is 5.32 Å². The molecule has 1 fully saturated rings. The van der Waals surface area contributed by atoms with E-state index in [2.05, 4.69) is 5.32 Å². The summed E-state index contributed by atoms with van der Waals surface area (Å²) in [7, 11) is 1.51. The van der Waals surface area contributed by atoms with Crippen LogP contribution in [-0.4, -0.2) is 60.1 Å². The number of carboxylic acid groups (broad SMARTS) is 1. The lowest BCUT2D eigenvalue weighted by atomic mass is 9.96. The molecule has 1 aliphatic rings. The van der Waals surface area contributed by atoms with Gasteiger partial charge in [0, 0.05) is 38.5 Å². The predicted molar refractivity (Wildman–Crippen MR) is 80.2 cm³/mol. The van der Waals surface area contributed by atoms with Crippen LogP contribution in [0, 0.1) is 5.41 Å². The third kappa shape index (κ3) is 4.98. The summed E-state index contributed by atoms with van der Waals surface area (Å²) in [5.74, 6) is -1.28. The Kier molecular flexibility index (Phi) is 6.34. The summed E-state index contributed by atoms with van der Waals surface area (Å²) >= 11 is 0. The van der Waals surface area contributed by atoms with Crippen molar-refractivity contribution in [1.29, 1.82) is 0 Å². The van der Waals surface area contributed by atoms with E-state index in [1.54, 1.807) is 0 Å². The molecule has 0 aromatic carbocycles. The first kappa shape index (κ1) is 18.4. The van der Waals surface area contributed by atoms with Gasteiger partial charge in [0.25, 0.3) is 0 Å². The zero-order valence-corrected chi connectivity index (χ0v) is 13.7. The van der Waals surface area contributed by atoms with E-state index < -0.39 is 17.4 Å². The predicted octanol–water partition coefficient (Wildman–Crippen LogP) is 0.629. The Hall–Kier alpha value is -1.63. The highest BCUT2D eigenvalue weighted by Gasteiger charge is 2.39. The van der Waals surface area contributed by atoms with Crippen molar-refractivity contribution in [1.82, 2.24) is 10.2 Å². The van der Waals surface area contributed by atoms with Gasteiger partial charge in [-0.25, -0.2) is 4.79 Å². The van der Waals surface area contributed by atoms with Crippen LogP contribution in [0.2, 0.25) is 0 Å². The quantitative estimate of drug-likeness (QED) is 0.701. The maximum Gasteiger partial charge on any atom is 0.326 e. The lowest BCUT2D eigenvalue weighted by Gasteiger charge is -2.21. The van der Waals surface area contributed by atoms with Crippen LogP contribution in [0.3, 0.4) is 0 Å². The number of carbonyl (C=O) groups excluding carboxylic acids is 2. The Labute approximate surface area is 131 Å². The van der Waals surface area contributed by atoms with Gasteiger partial charge < -0.3 is 20.1 Å². The monoisotopic (exact) mass is 314 g/mol. The summed E-state index contributed by atoms with van der Waals surface area (Å²) in [5.41, 5.74) is -0.459. The van der Waals surface area contributed by atoms with E-state index in [9.17, 15) is 19.5 Å². The van der Waals surface area contributed by atoms with Crippen LogP contribution >= 0.6 is 0 Å². The smallest absolute Gasteiger partial charge is 0.326 e. The molecule has 2 N–H and O–H groups in total. The number of ether oxygens (including phenoxy) is 1. The van der Waals surface area contributed by atoms with Gasteiger partial charge in [0.05, 0.1) is 6.10 Å². The molecule has 0 radical (unpaired) electrons. The minimum absolute atomic E-state index is 0.0658. The molecule has 1 heterocycles. The Morgan fingerprint density at radius 3 is 2.45 bits per heavy atom. The van der Waals surface area contributed by atoms with Crippen LogP contribution in [0.1, 0.15) is 40.0 Å². The fourth-order valence-electron chi connectivity index (χ4n) is 2.33. The van der Waals surface area contributed by atoms with Crippen LogP contribution in [0.15, 0.2) is 0 Å². The minimum Gasteiger partial charge on any atom is -0.480 e. The number of likely N-dealkylation sites (tertiary alicyclic amines) is 1. The summed E-state index contributed by atoms with van der Waals surface area (Å²) < 4.78 is 5.15. The van der Waals surface area contributed by atoms with Gasteiger partial charge in [0.1, 0.15) is 6.04 Å². The van der Waals surface area contributed by atoms with Gasteiger partial charge in [0.2, 0.25) is 11.8 Å². The number of nitrogens with zero attached hydrogens (tertiary/aromatic N) is 1. The Morgan fingerprint density at radius 1 is 1.32 bits per heavy atom. The zero-order valence-electron chi connectivity index (χ0n) is 13.7. The van der Waals surface area contributed by atoms with E-state index in [4.69, 9.17) is 4.74 Å². The van der Waals surface area contributed by atoms with Crippen molar-refractivity contribution in [2.45, 2.75) is 52.2 Å². The topological polar surface area (TPSA) is 95.9 Å². The minimum atomic E-state index is -1.01. The highest BCUT2D eigenvalue weighted by atomic mass is 16.5. The highest BCUT2D eigenvalue weighted by molar-refractivity contribution is 5.84. The molecule has 126 valence electrons. The molecule has 2 atom stereocenters. The van der Waals surface area contributed by atoms with Gasteiger partial charge in [-0.2, -0.15) is 0 Å². The van der Waals surface area contributed by atoms with Crippen LogP contribution in [0.5, 0.6) is 0 Å².